The Morgan fingerprint density at radius 1 is 1.26 bits per heavy atom. The number of nitrogens with one attached hydrogen (secondary N) is 2. The highest BCUT2D eigenvalue weighted by atomic mass is 31.0. The van der Waals surface area contributed by atoms with Gasteiger partial charge in [0, 0.05) is 28.9 Å². The summed E-state index contributed by atoms with van der Waals surface area (Å²) in [5.41, 5.74) is 18.4. The summed E-state index contributed by atoms with van der Waals surface area (Å²) >= 11 is 0. The van der Waals surface area contributed by atoms with E-state index in [4.69, 9.17) is 15.5 Å². The molecule has 39 heavy (non-hydrogen) atoms. The maximum Gasteiger partial charge on any atom is 0.265 e. The molecule has 0 radical (unpaired) electrons. The number of anilines is 1. The average molecular weight is 548 g/mol. The van der Waals surface area contributed by atoms with Crippen LogP contribution in [0, 0.1) is 6.92 Å². The van der Waals surface area contributed by atoms with Gasteiger partial charge in [-0.1, -0.05) is 38.3 Å². The molecule has 10 heteroatoms. The zero-order valence-corrected chi connectivity index (χ0v) is 24.3. The number of hydrogen-bond donors (Lipinski definition) is 4. The number of primary amides is 1. The maximum atomic E-state index is 12.8. The number of nitrogens with two attached hydrogens (primary N) is 2. The minimum absolute atomic E-state index is 0.208. The molecule has 2 aromatic rings. The van der Waals surface area contributed by atoms with E-state index in [0.29, 0.717) is 30.2 Å². The number of nitrogens with zero attached hydrogens (tertiary/aromatic N) is 3. The third-order valence-corrected chi connectivity index (χ3v) is 6.41. The van der Waals surface area contributed by atoms with Gasteiger partial charge in [0.25, 0.3) is 5.91 Å². The van der Waals surface area contributed by atoms with Crippen LogP contribution in [0.4, 0.5) is 11.5 Å². The van der Waals surface area contributed by atoms with E-state index in [1.165, 1.54) is 0 Å². The molecule has 9 nitrogen and oxygen atoms in total. The Hall–Kier alpha value is -4.23. The van der Waals surface area contributed by atoms with E-state index in [1.807, 2.05) is 51.1 Å². The summed E-state index contributed by atoms with van der Waals surface area (Å²) in [5, 5.41) is 11.9. The number of benzene rings is 1. The Balaban J connectivity index is 0.00000170. The molecule has 1 heterocycles. The molecule has 1 aliphatic carbocycles. The van der Waals surface area contributed by atoms with Crippen molar-refractivity contribution in [3.63, 3.8) is 0 Å². The van der Waals surface area contributed by atoms with E-state index in [9.17, 15) is 4.79 Å². The highest BCUT2D eigenvalue weighted by molar-refractivity contribution is 7.23. The lowest BCUT2D eigenvalue weighted by molar-refractivity contribution is -0.114. The molecule has 0 saturated carbocycles. The van der Waals surface area contributed by atoms with Crippen LogP contribution in [-0.2, 0) is 22.4 Å². The first-order valence-corrected chi connectivity index (χ1v) is 13.0. The van der Waals surface area contributed by atoms with Crippen molar-refractivity contribution in [1.82, 2.24) is 15.1 Å². The highest BCUT2D eigenvalue weighted by Crippen LogP contribution is 2.34. The lowest BCUT2D eigenvalue weighted by atomic mass is 9.90. The Kier molecular flexibility index (Phi) is 11.2. The maximum absolute atomic E-state index is 12.8. The molecule has 3 rings (SSSR count). The molecule has 0 saturated heterocycles. The van der Waals surface area contributed by atoms with Crippen LogP contribution in [0.1, 0.15) is 44.5 Å². The molecule has 0 spiro atoms. The fraction of sp³-hybridized carbons (Fsp3) is 0.276. The van der Waals surface area contributed by atoms with Gasteiger partial charge in [-0.2, -0.15) is 5.10 Å². The zero-order chi connectivity index (χ0) is 29.3. The Morgan fingerprint density at radius 2 is 1.92 bits per heavy atom. The van der Waals surface area contributed by atoms with Crippen molar-refractivity contribution in [3.8, 4) is 0 Å². The summed E-state index contributed by atoms with van der Waals surface area (Å²) < 4.78 is 1.79. The first kappa shape index (κ1) is 31.0. The smallest absolute Gasteiger partial charge is 0.265 e. The second kappa shape index (κ2) is 14.1. The van der Waals surface area contributed by atoms with E-state index < -0.39 is 0 Å². The second-order valence-electron chi connectivity index (χ2n) is 8.86. The fourth-order valence-corrected chi connectivity index (χ4v) is 4.31. The third-order valence-electron chi connectivity index (χ3n) is 6.15. The Morgan fingerprint density at radius 3 is 2.49 bits per heavy atom. The van der Waals surface area contributed by atoms with Crippen LogP contribution in [-0.4, -0.2) is 39.6 Å². The standard InChI is InChI=1S/C28H35N6OP.CH3NO/c1-8-23-18(5)33-34(24(9-2)20(7)36)27(23)31-19(6)28(35)30-14-13-21-11-10-12-22(15-21)32-26-17(4)16(3)25(26)29;2-1-3/h9-12,15,32,36H,3-4,8,13-14,29H2,1-2,5-7H3,(H,30,35);1H,(H2,2,3)/b24-9-,31-19+;. The van der Waals surface area contributed by atoms with E-state index in [2.05, 4.69) is 50.4 Å². The molecule has 0 unspecified atom stereocenters. The summed E-state index contributed by atoms with van der Waals surface area (Å²) in [5.74, 6) is 0.473. The fourth-order valence-electron chi connectivity index (χ4n) is 4.06. The van der Waals surface area contributed by atoms with Crippen LogP contribution in [0.15, 0.2) is 71.0 Å². The minimum atomic E-state index is -0.208. The van der Waals surface area contributed by atoms with Gasteiger partial charge in [0.05, 0.1) is 22.8 Å². The van der Waals surface area contributed by atoms with Gasteiger partial charge in [-0.25, -0.2) is 9.67 Å². The highest BCUT2D eigenvalue weighted by Gasteiger charge is 2.23. The molecule has 0 fully saturated rings. The number of carbonyl (C=O) groups excluding carboxylic acids is 2. The molecule has 206 valence electrons. The van der Waals surface area contributed by atoms with Crippen LogP contribution in [0.25, 0.3) is 5.70 Å². The summed E-state index contributed by atoms with van der Waals surface area (Å²) in [6, 6.07) is 8.00. The Labute approximate surface area is 232 Å². The lowest BCUT2D eigenvalue weighted by Gasteiger charge is -2.27. The molecule has 0 bridgehead atoms. The van der Waals surface area contributed by atoms with Gasteiger partial charge >= 0.3 is 0 Å². The number of aromatic nitrogens is 2. The normalized spacial score (nSPS) is 13.4. The third kappa shape index (κ3) is 7.42. The van der Waals surface area contributed by atoms with E-state index in [1.54, 1.807) is 11.6 Å². The molecule has 2 amide bonds. The van der Waals surface area contributed by atoms with Crippen molar-refractivity contribution < 1.29 is 9.59 Å². The second-order valence-corrected chi connectivity index (χ2v) is 9.61. The van der Waals surface area contributed by atoms with Crippen LogP contribution in [0.5, 0.6) is 0 Å². The quantitative estimate of drug-likeness (QED) is 0.200. The molecular formula is C29H38N7O2P. The largest absolute Gasteiger partial charge is 0.397 e. The molecule has 0 aliphatic heterocycles. The van der Waals surface area contributed by atoms with Crippen LogP contribution >= 0.6 is 8.86 Å². The van der Waals surface area contributed by atoms with Gasteiger partial charge in [0.1, 0.15) is 5.71 Å². The minimum Gasteiger partial charge on any atom is -0.397 e. The number of carbonyl (C=O) groups is 2. The van der Waals surface area contributed by atoms with Gasteiger partial charge < -0.3 is 22.1 Å². The monoisotopic (exact) mass is 547 g/mol. The van der Waals surface area contributed by atoms with E-state index in [-0.39, 0.29) is 12.3 Å². The average Bonchev–Trinajstić information content (AvgIpc) is 3.21. The summed E-state index contributed by atoms with van der Waals surface area (Å²) in [4.78, 5) is 26.1. The zero-order valence-electron chi connectivity index (χ0n) is 23.3. The topological polar surface area (TPSA) is 140 Å². The van der Waals surface area contributed by atoms with Crippen molar-refractivity contribution in [2.24, 2.45) is 16.5 Å². The van der Waals surface area contributed by atoms with Crippen LogP contribution in [0.3, 0.4) is 0 Å². The number of allylic oxidation sites excluding steroid dienone is 4. The summed E-state index contributed by atoms with van der Waals surface area (Å²) in [7, 11) is 3.61. The van der Waals surface area contributed by atoms with Crippen LogP contribution in [0.2, 0.25) is 0 Å². The van der Waals surface area contributed by atoms with Gasteiger partial charge in [-0.15, -0.1) is 8.86 Å². The Bertz CT molecular complexity index is 1400. The first-order valence-electron chi connectivity index (χ1n) is 12.5. The van der Waals surface area contributed by atoms with Crippen molar-refractivity contribution in [2.45, 2.75) is 47.5 Å². The van der Waals surface area contributed by atoms with Crippen molar-refractivity contribution >= 4 is 49.4 Å². The first-order chi connectivity index (χ1) is 18.5. The van der Waals surface area contributed by atoms with Crippen molar-refractivity contribution in [2.75, 3.05) is 11.9 Å². The molecule has 1 aromatic carbocycles. The predicted octanol–water partition coefficient (Wildman–Crippen LogP) is 4.21. The van der Waals surface area contributed by atoms with Crippen LogP contribution < -0.4 is 22.1 Å². The SMILES string of the molecule is C=C1C(=C)C(Nc2cccc(CCNC(=O)/C(C)=N/c3c(CC)c(C)nn3/C(=C\C)C(C)=P)c2)=C1N.NC=O. The van der Waals surface area contributed by atoms with Crippen molar-refractivity contribution in [1.29, 1.82) is 0 Å². The van der Waals surface area contributed by atoms with Gasteiger partial charge in [-0.05, 0) is 63.5 Å². The van der Waals surface area contributed by atoms with E-state index in [0.717, 1.165) is 56.8 Å². The van der Waals surface area contributed by atoms with Gasteiger partial charge in [0.15, 0.2) is 5.82 Å². The summed E-state index contributed by atoms with van der Waals surface area (Å²) in [6.07, 6.45) is 3.66. The van der Waals surface area contributed by atoms with E-state index >= 15 is 0 Å². The number of amides is 2. The number of hydrogen-bond acceptors (Lipinski definition) is 6. The number of aliphatic imine (C=N–C) groups is 1. The molecule has 1 aromatic heterocycles. The molecular weight excluding hydrogens is 509 g/mol. The van der Waals surface area contributed by atoms with Gasteiger partial charge in [0.2, 0.25) is 6.41 Å². The molecule has 6 N–H and O–H groups in total. The molecule has 1 aliphatic rings. The number of rotatable bonds is 10. The molecule has 0 atom stereocenters. The lowest BCUT2D eigenvalue weighted by Crippen LogP contribution is -2.31. The number of aryl methyl sites for hydroxylation is 1. The summed E-state index contributed by atoms with van der Waals surface area (Å²) in [6.45, 7) is 18.0. The predicted molar refractivity (Wildman–Crippen MR) is 165 cm³/mol. The van der Waals surface area contributed by atoms with Crippen molar-refractivity contribution in [3.05, 3.63) is 82.9 Å². The van der Waals surface area contributed by atoms with Gasteiger partial charge in [-0.3, -0.25) is 9.59 Å².